The minimum Gasteiger partial charge on any atom is -0.365 e. The van der Waals surface area contributed by atoms with E-state index in [-0.39, 0.29) is 24.7 Å². The number of hydrogen-bond acceptors (Lipinski definition) is 4. The molecule has 0 aromatic carbocycles. The number of fused-ring (bicyclic) bond motifs is 1. The fraction of sp³-hybridized carbons (Fsp3) is 0.688. The van der Waals surface area contributed by atoms with Crippen molar-refractivity contribution in [3.8, 4) is 0 Å². The second-order valence-corrected chi connectivity index (χ2v) is 7.99. The molecule has 4 nitrogen and oxygen atoms in total. The average Bonchev–Trinajstić information content (AvgIpc) is 3.04. The average molecular weight is 306 g/mol. The normalized spacial score (nSPS) is 30.0. The summed E-state index contributed by atoms with van der Waals surface area (Å²) in [5.41, 5.74) is 0. The van der Waals surface area contributed by atoms with E-state index in [2.05, 4.69) is 28.9 Å². The van der Waals surface area contributed by atoms with Crippen LogP contribution in [0.2, 0.25) is 0 Å². The summed E-state index contributed by atoms with van der Waals surface area (Å²) in [6.07, 6.45) is 2.79. The van der Waals surface area contributed by atoms with Crippen LogP contribution in [0.5, 0.6) is 0 Å². The standard InChI is InChI=1S/C16H22N2O2S/c1-11-2-5-13(21-11)7-17-8-14-15(9-17)20-10-16(19)18(14)6-12-3-4-12/h2,5,12,14-15H,3-4,6-10H2,1H3/t14-,15-/m1/s1. The van der Waals surface area contributed by atoms with Crippen molar-refractivity contribution in [3.63, 3.8) is 0 Å². The highest BCUT2D eigenvalue weighted by Gasteiger charge is 2.44. The first-order valence-corrected chi connectivity index (χ1v) is 8.69. The molecule has 0 N–H and O–H groups in total. The Hall–Kier alpha value is -0.910. The molecular weight excluding hydrogens is 284 g/mol. The molecule has 114 valence electrons. The molecule has 1 aliphatic carbocycles. The molecule has 2 saturated heterocycles. The topological polar surface area (TPSA) is 32.8 Å². The molecule has 2 aliphatic heterocycles. The van der Waals surface area contributed by atoms with E-state index in [0.717, 1.165) is 32.1 Å². The summed E-state index contributed by atoms with van der Waals surface area (Å²) >= 11 is 1.87. The van der Waals surface area contributed by atoms with Gasteiger partial charge in [0.05, 0.1) is 12.1 Å². The number of amides is 1. The monoisotopic (exact) mass is 306 g/mol. The quantitative estimate of drug-likeness (QED) is 0.851. The molecule has 0 radical (unpaired) electrons. The molecule has 3 heterocycles. The lowest BCUT2D eigenvalue weighted by atomic mass is 10.1. The van der Waals surface area contributed by atoms with E-state index >= 15 is 0 Å². The Bertz CT molecular complexity index is 540. The molecule has 0 unspecified atom stereocenters. The van der Waals surface area contributed by atoms with Gasteiger partial charge in [0.1, 0.15) is 6.61 Å². The fourth-order valence-corrected chi connectivity index (χ4v) is 4.41. The predicted molar refractivity (Wildman–Crippen MR) is 82.3 cm³/mol. The molecule has 1 aromatic heterocycles. The molecule has 1 aromatic rings. The van der Waals surface area contributed by atoms with Gasteiger partial charge in [-0.25, -0.2) is 0 Å². The minimum atomic E-state index is 0.192. The fourth-order valence-electron chi connectivity index (χ4n) is 3.48. The van der Waals surface area contributed by atoms with E-state index in [1.165, 1.54) is 22.6 Å². The number of hydrogen-bond donors (Lipinski definition) is 0. The van der Waals surface area contributed by atoms with E-state index in [1.807, 2.05) is 11.3 Å². The Balaban J connectivity index is 1.43. The molecular formula is C16H22N2O2S. The number of nitrogens with zero attached hydrogens (tertiary/aromatic N) is 2. The number of likely N-dealkylation sites (tertiary alicyclic amines) is 1. The zero-order valence-corrected chi connectivity index (χ0v) is 13.3. The van der Waals surface area contributed by atoms with Crippen LogP contribution in [-0.2, 0) is 16.1 Å². The lowest BCUT2D eigenvalue weighted by molar-refractivity contribution is -0.153. The molecule has 0 bridgehead atoms. The first kappa shape index (κ1) is 13.7. The lowest BCUT2D eigenvalue weighted by Crippen LogP contribution is -2.54. The largest absolute Gasteiger partial charge is 0.365 e. The molecule has 1 saturated carbocycles. The van der Waals surface area contributed by atoms with Gasteiger partial charge in [0.2, 0.25) is 5.91 Å². The maximum absolute atomic E-state index is 12.2. The highest BCUT2D eigenvalue weighted by atomic mass is 32.1. The zero-order valence-electron chi connectivity index (χ0n) is 12.5. The Labute approximate surface area is 129 Å². The first-order valence-electron chi connectivity index (χ1n) is 7.88. The van der Waals surface area contributed by atoms with Crippen LogP contribution in [-0.4, -0.2) is 54.1 Å². The molecule has 1 amide bonds. The maximum Gasteiger partial charge on any atom is 0.248 e. The molecule has 3 fully saturated rings. The van der Waals surface area contributed by atoms with Crippen LogP contribution in [0, 0.1) is 12.8 Å². The maximum atomic E-state index is 12.2. The minimum absolute atomic E-state index is 0.192. The van der Waals surface area contributed by atoms with Crippen molar-refractivity contribution in [1.29, 1.82) is 0 Å². The summed E-state index contributed by atoms with van der Waals surface area (Å²) in [5.74, 6) is 0.943. The number of aryl methyl sites for hydroxylation is 1. The molecule has 4 rings (SSSR count). The van der Waals surface area contributed by atoms with E-state index in [9.17, 15) is 4.79 Å². The summed E-state index contributed by atoms with van der Waals surface area (Å²) in [5, 5.41) is 0. The van der Waals surface area contributed by atoms with Gasteiger partial charge in [0.25, 0.3) is 0 Å². The van der Waals surface area contributed by atoms with Gasteiger partial charge in [-0.2, -0.15) is 0 Å². The van der Waals surface area contributed by atoms with E-state index in [0.29, 0.717) is 0 Å². The zero-order chi connectivity index (χ0) is 14.4. The van der Waals surface area contributed by atoms with Gasteiger partial charge in [-0.3, -0.25) is 9.69 Å². The van der Waals surface area contributed by atoms with Crippen molar-refractivity contribution in [2.24, 2.45) is 5.92 Å². The van der Waals surface area contributed by atoms with Gasteiger partial charge in [0.15, 0.2) is 0 Å². The number of thiophene rings is 1. The highest BCUT2D eigenvalue weighted by Crippen LogP contribution is 2.33. The van der Waals surface area contributed by atoms with E-state index < -0.39 is 0 Å². The van der Waals surface area contributed by atoms with Gasteiger partial charge in [0, 0.05) is 35.9 Å². The van der Waals surface area contributed by atoms with Crippen LogP contribution < -0.4 is 0 Å². The second kappa shape index (κ2) is 5.38. The predicted octanol–water partition coefficient (Wildman–Crippen LogP) is 1.88. The summed E-state index contributed by atoms with van der Waals surface area (Å²) in [4.78, 5) is 19.5. The van der Waals surface area contributed by atoms with Crippen molar-refractivity contribution < 1.29 is 9.53 Å². The second-order valence-electron chi connectivity index (χ2n) is 6.61. The summed E-state index contributed by atoms with van der Waals surface area (Å²) in [6.45, 7) is 6.28. The molecule has 21 heavy (non-hydrogen) atoms. The number of morpholine rings is 1. The van der Waals surface area contributed by atoms with Crippen molar-refractivity contribution in [1.82, 2.24) is 9.80 Å². The van der Waals surface area contributed by atoms with Crippen molar-refractivity contribution in [3.05, 3.63) is 21.9 Å². The van der Waals surface area contributed by atoms with Crippen LogP contribution in [0.1, 0.15) is 22.6 Å². The first-order chi connectivity index (χ1) is 10.2. The third kappa shape index (κ3) is 2.87. The van der Waals surface area contributed by atoms with Gasteiger partial charge < -0.3 is 9.64 Å². The Kier molecular flexibility index (Phi) is 3.52. The van der Waals surface area contributed by atoms with Gasteiger partial charge in [-0.1, -0.05) is 0 Å². The van der Waals surface area contributed by atoms with Gasteiger partial charge >= 0.3 is 0 Å². The molecule has 5 heteroatoms. The van der Waals surface area contributed by atoms with E-state index in [4.69, 9.17) is 4.74 Å². The summed E-state index contributed by atoms with van der Waals surface area (Å²) in [7, 11) is 0. The van der Waals surface area contributed by atoms with Gasteiger partial charge in [-0.05, 0) is 37.8 Å². The van der Waals surface area contributed by atoms with Crippen LogP contribution in [0.4, 0.5) is 0 Å². The van der Waals surface area contributed by atoms with Crippen LogP contribution in [0.25, 0.3) is 0 Å². The third-order valence-electron chi connectivity index (χ3n) is 4.78. The van der Waals surface area contributed by atoms with Crippen molar-refractivity contribution in [2.45, 2.75) is 38.5 Å². The number of carbonyl (C=O) groups is 1. The summed E-state index contributed by atoms with van der Waals surface area (Å²) < 4.78 is 5.79. The third-order valence-corrected chi connectivity index (χ3v) is 5.77. The lowest BCUT2D eigenvalue weighted by Gasteiger charge is -2.36. The molecule has 0 spiro atoms. The van der Waals surface area contributed by atoms with Crippen molar-refractivity contribution >= 4 is 17.2 Å². The Morgan fingerprint density at radius 3 is 2.90 bits per heavy atom. The Morgan fingerprint density at radius 2 is 2.19 bits per heavy atom. The van der Waals surface area contributed by atoms with Crippen LogP contribution >= 0.6 is 11.3 Å². The highest BCUT2D eigenvalue weighted by molar-refractivity contribution is 7.11. The molecule has 2 atom stereocenters. The summed E-state index contributed by atoms with van der Waals surface area (Å²) in [6, 6.07) is 4.67. The smallest absolute Gasteiger partial charge is 0.248 e. The number of carbonyl (C=O) groups excluding carboxylic acids is 1. The van der Waals surface area contributed by atoms with Crippen molar-refractivity contribution in [2.75, 3.05) is 26.2 Å². The van der Waals surface area contributed by atoms with E-state index in [1.54, 1.807) is 0 Å². The number of rotatable bonds is 4. The number of ether oxygens (including phenoxy) is 1. The van der Waals surface area contributed by atoms with Gasteiger partial charge in [-0.15, -0.1) is 11.3 Å². The van der Waals surface area contributed by atoms with Crippen LogP contribution in [0.3, 0.4) is 0 Å². The van der Waals surface area contributed by atoms with Crippen LogP contribution in [0.15, 0.2) is 12.1 Å². The molecule has 3 aliphatic rings. The Morgan fingerprint density at radius 1 is 1.33 bits per heavy atom. The SMILES string of the molecule is Cc1ccc(CN2C[C@@H]3[C@@H](C2)OCC(=O)N3CC2CC2)s1.